The Kier molecular flexibility index (Phi) is 6.91. The van der Waals surface area contributed by atoms with Gasteiger partial charge in [0.05, 0.1) is 18.0 Å². The van der Waals surface area contributed by atoms with Gasteiger partial charge in [-0.25, -0.2) is 15.0 Å². The maximum absolute atomic E-state index is 13.9. The number of nitrogens with zero attached hydrogens (tertiary/aromatic N) is 5. The number of nitrogen functional groups attached to an aromatic ring is 1. The molecule has 4 aromatic rings. The van der Waals surface area contributed by atoms with E-state index in [2.05, 4.69) is 42.1 Å². The molecule has 194 valence electrons. The first-order chi connectivity index (χ1) is 18.3. The summed E-state index contributed by atoms with van der Waals surface area (Å²) < 4.78 is 7.93. The zero-order valence-electron chi connectivity index (χ0n) is 20.9. The zero-order chi connectivity index (χ0) is 27.0. The van der Waals surface area contributed by atoms with E-state index in [1.807, 2.05) is 19.1 Å². The Bertz CT molecular complexity index is 1610. The number of hydrogen-bond acceptors (Lipinski definition) is 7. The van der Waals surface area contributed by atoms with E-state index in [-0.39, 0.29) is 24.4 Å². The number of amides is 2. The number of carbonyl (C=O) groups is 2. The van der Waals surface area contributed by atoms with E-state index in [4.69, 9.17) is 16.9 Å². The Morgan fingerprint density at radius 2 is 2.11 bits per heavy atom. The molecule has 1 aliphatic rings. The lowest BCUT2D eigenvalue weighted by Gasteiger charge is -2.29. The molecule has 0 unspecified atom stereocenters. The number of aryl methyl sites for hydroxylation is 1. The third-order valence-corrected chi connectivity index (χ3v) is 7.33. The summed E-state index contributed by atoms with van der Waals surface area (Å²) in [4.78, 5) is 41.8. The lowest BCUT2D eigenvalue weighted by Crippen LogP contribution is -2.48. The minimum absolute atomic E-state index is 0.0668. The molecule has 0 saturated carbocycles. The van der Waals surface area contributed by atoms with Gasteiger partial charge >= 0.3 is 0 Å². The SMILES string of the molecule is C#CC[C@@H]1CC[C@@H](C(=O)Nc2cccc(Br)n2)N1C(=O)Cn1c2cc(OC)c(C)cc2c2c(N)ncnc21. The van der Waals surface area contributed by atoms with E-state index in [1.54, 1.807) is 34.8 Å². The number of pyridine rings is 1. The molecular weight excluding hydrogens is 550 g/mol. The second kappa shape index (κ2) is 10.3. The van der Waals surface area contributed by atoms with Crippen molar-refractivity contribution in [3.63, 3.8) is 0 Å². The van der Waals surface area contributed by atoms with Crippen molar-refractivity contribution in [2.45, 2.75) is 44.8 Å². The molecule has 0 spiro atoms. The molecule has 1 fully saturated rings. The van der Waals surface area contributed by atoms with E-state index in [1.165, 1.54) is 6.33 Å². The third kappa shape index (κ3) is 4.52. The Labute approximate surface area is 227 Å². The highest BCUT2D eigenvalue weighted by atomic mass is 79.9. The van der Waals surface area contributed by atoms with Gasteiger partial charge in [-0.3, -0.25) is 9.59 Å². The largest absolute Gasteiger partial charge is 0.496 e. The predicted octanol–water partition coefficient (Wildman–Crippen LogP) is 3.66. The van der Waals surface area contributed by atoms with Gasteiger partial charge in [0, 0.05) is 23.9 Å². The maximum Gasteiger partial charge on any atom is 0.248 e. The summed E-state index contributed by atoms with van der Waals surface area (Å²) in [7, 11) is 1.60. The van der Waals surface area contributed by atoms with Gasteiger partial charge in [-0.2, -0.15) is 0 Å². The van der Waals surface area contributed by atoms with Crippen molar-refractivity contribution >= 4 is 61.3 Å². The Morgan fingerprint density at radius 1 is 1.29 bits per heavy atom. The van der Waals surface area contributed by atoms with Crippen molar-refractivity contribution in [2.24, 2.45) is 0 Å². The topological polar surface area (TPSA) is 128 Å². The van der Waals surface area contributed by atoms with Crippen LogP contribution in [0.15, 0.2) is 41.3 Å². The summed E-state index contributed by atoms with van der Waals surface area (Å²) in [5.74, 6) is 3.48. The van der Waals surface area contributed by atoms with E-state index >= 15 is 0 Å². The highest BCUT2D eigenvalue weighted by molar-refractivity contribution is 9.10. The van der Waals surface area contributed by atoms with Crippen molar-refractivity contribution in [1.82, 2.24) is 24.4 Å². The van der Waals surface area contributed by atoms with Gasteiger partial charge in [0.25, 0.3) is 0 Å². The molecule has 1 saturated heterocycles. The molecule has 4 heterocycles. The Hall–Kier alpha value is -4.17. The molecule has 0 radical (unpaired) electrons. The standard InChI is InChI=1S/C27H26BrN7O3/c1-4-6-16-9-10-18(27(37)33-22-8-5-7-21(28)32-22)35(16)23(36)13-34-19-12-20(38-3)15(2)11-17(19)24-25(29)30-14-31-26(24)34/h1,5,7-8,11-12,14,16,18H,6,9-10,13H2,2-3H3,(H2,29,30,31)(H,32,33,37)/t16-,18+/m1/s1. The Balaban J connectivity index is 1.53. The van der Waals surface area contributed by atoms with Gasteiger partial charge in [-0.1, -0.05) is 6.07 Å². The van der Waals surface area contributed by atoms with Crippen LogP contribution >= 0.6 is 15.9 Å². The van der Waals surface area contributed by atoms with E-state index in [0.717, 1.165) is 16.5 Å². The highest BCUT2D eigenvalue weighted by Gasteiger charge is 2.41. The monoisotopic (exact) mass is 575 g/mol. The number of rotatable bonds is 6. The summed E-state index contributed by atoms with van der Waals surface area (Å²) in [6, 6.07) is 8.11. The fourth-order valence-electron chi connectivity index (χ4n) is 5.21. The van der Waals surface area contributed by atoms with Crippen LogP contribution in [0.3, 0.4) is 0 Å². The molecule has 2 amide bonds. The van der Waals surface area contributed by atoms with E-state index < -0.39 is 6.04 Å². The average Bonchev–Trinajstić information content (AvgIpc) is 3.44. The number of fused-ring (bicyclic) bond motifs is 3. The molecule has 0 aliphatic carbocycles. The fraction of sp³-hybridized carbons (Fsp3) is 0.296. The van der Waals surface area contributed by atoms with Crippen molar-refractivity contribution in [1.29, 1.82) is 0 Å². The van der Waals surface area contributed by atoms with E-state index in [9.17, 15) is 9.59 Å². The molecule has 3 aromatic heterocycles. The lowest BCUT2D eigenvalue weighted by molar-refractivity contribution is -0.139. The predicted molar refractivity (Wildman–Crippen MR) is 148 cm³/mol. The number of likely N-dealkylation sites (tertiary alicyclic amines) is 1. The summed E-state index contributed by atoms with van der Waals surface area (Å²) >= 11 is 3.31. The van der Waals surface area contributed by atoms with Gasteiger partial charge in [-0.05, 0) is 59.5 Å². The number of carbonyl (C=O) groups excluding carboxylic acids is 2. The van der Waals surface area contributed by atoms with Crippen LogP contribution in [0.25, 0.3) is 21.9 Å². The fourth-order valence-corrected chi connectivity index (χ4v) is 5.55. The van der Waals surface area contributed by atoms with Crippen molar-refractivity contribution in [3.8, 4) is 18.1 Å². The highest BCUT2D eigenvalue weighted by Crippen LogP contribution is 2.36. The van der Waals surface area contributed by atoms with Crippen LogP contribution in [0.4, 0.5) is 11.6 Å². The summed E-state index contributed by atoms with van der Waals surface area (Å²) in [6.07, 6.45) is 8.46. The second-order valence-electron chi connectivity index (χ2n) is 9.17. The van der Waals surface area contributed by atoms with Gasteiger partial charge in [0.2, 0.25) is 11.8 Å². The number of nitrogens with one attached hydrogen (secondary N) is 1. The second-order valence-corrected chi connectivity index (χ2v) is 9.99. The summed E-state index contributed by atoms with van der Waals surface area (Å²) in [6.45, 7) is 1.87. The first kappa shape index (κ1) is 25.5. The smallest absolute Gasteiger partial charge is 0.248 e. The first-order valence-electron chi connectivity index (χ1n) is 12.1. The maximum atomic E-state index is 13.9. The molecule has 3 N–H and O–H groups in total. The van der Waals surface area contributed by atoms with E-state index in [0.29, 0.717) is 52.3 Å². The lowest BCUT2D eigenvalue weighted by atomic mass is 10.1. The van der Waals surface area contributed by atoms with Gasteiger partial charge in [-0.15, -0.1) is 12.3 Å². The quantitative estimate of drug-likeness (QED) is 0.265. The van der Waals surface area contributed by atoms with Crippen molar-refractivity contribution < 1.29 is 14.3 Å². The van der Waals surface area contributed by atoms with Crippen molar-refractivity contribution in [2.75, 3.05) is 18.2 Å². The molecule has 1 aliphatic heterocycles. The van der Waals surface area contributed by atoms with Gasteiger partial charge in [0.15, 0.2) is 0 Å². The molecular formula is C27H26BrN7O3. The normalized spacial score (nSPS) is 17.1. The number of ether oxygens (including phenoxy) is 1. The number of hydrogen-bond donors (Lipinski definition) is 2. The van der Waals surface area contributed by atoms with Gasteiger partial charge < -0.3 is 25.3 Å². The van der Waals surface area contributed by atoms with Gasteiger partial charge in [0.1, 0.15) is 46.5 Å². The van der Waals surface area contributed by atoms with Crippen LogP contribution in [0.2, 0.25) is 0 Å². The minimum atomic E-state index is -0.689. The number of benzene rings is 1. The number of aromatic nitrogens is 4. The molecule has 10 nitrogen and oxygen atoms in total. The number of nitrogens with two attached hydrogens (primary N) is 1. The van der Waals surface area contributed by atoms with Crippen LogP contribution in [0.5, 0.6) is 5.75 Å². The Morgan fingerprint density at radius 3 is 2.84 bits per heavy atom. The summed E-state index contributed by atoms with van der Waals surface area (Å²) in [5.41, 5.74) is 8.42. The number of terminal acetylenes is 1. The number of halogens is 1. The van der Waals surface area contributed by atoms with Crippen LogP contribution < -0.4 is 15.8 Å². The van der Waals surface area contributed by atoms with Crippen LogP contribution in [-0.2, 0) is 16.1 Å². The summed E-state index contributed by atoms with van der Waals surface area (Å²) in [5, 5.41) is 4.32. The van der Waals surface area contributed by atoms with Crippen LogP contribution in [0, 0.1) is 19.3 Å². The van der Waals surface area contributed by atoms with Crippen LogP contribution in [0.1, 0.15) is 24.8 Å². The molecule has 11 heteroatoms. The van der Waals surface area contributed by atoms with Crippen LogP contribution in [-0.4, -0.2) is 55.4 Å². The zero-order valence-corrected chi connectivity index (χ0v) is 22.5. The molecule has 38 heavy (non-hydrogen) atoms. The molecule has 1 aromatic carbocycles. The third-order valence-electron chi connectivity index (χ3n) is 6.89. The molecule has 2 atom stereocenters. The number of methoxy groups -OCH3 is 1. The molecule has 5 rings (SSSR count). The van der Waals surface area contributed by atoms with Crippen molar-refractivity contribution in [3.05, 3.63) is 46.8 Å². The minimum Gasteiger partial charge on any atom is -0.496 e. The first-order valence-corrected chi connectivity index (χ1v) is 12.9. The average molecular weight is 576 g/mol. The molecule has 0 bridgehead atoms. The number of anilines is 2.